The summed E-state index contributed by atoms with van der Waals surface area (Å²) in [5, 5.41) is 4.45. The van der Waals surface area contributed by atoms with E-state index >= 15 is 0 Å². The minimum atomic E-state index is 0.525. The number of piperidine rings is 1. The Kier molecular flexibility index (Phi) is 4.46. The van der Waals surface area contributed by atoms with Crippen molar-refractivity contribution in [1.82, 2.24) is 5.32 Å². The van der Waals surface area contributed by atoms with E-state index in [1.807, 2.05) is 0 Å². The van der Waals surface area contributed by atoms with E-state index in [1.165, 1.54) is 43.4 Å². The summed E-state index contributed by atoms with van der Waals surface area (Å²) in [5.74, 6) is 0. The van der Waals surface area contributed by atoms with Gasteiger partial charge >= 0.3 is 0 Å². The summed E-state index contributed by atoms with van der Waals surface area (Å²) < 4.78 is 0. The maximum atomic E-state index is 6.53. The first-order valence-corrected chi connectivity index (χ1v) is 8.74. The number of hydrogen-bond acceptors (Lipinski definition) is 2. The number of rotatable bonds is 5. The van der Waals surface area contributed by atoms with E-state index in [-0.39, 0.29) is 0 Å². The van der Waals surface area contributed by atoms with Crippen LogP contribution in [0.3, 0.4) is 0 Å². The van der Waals surface area contributed by atoms with Crippen LogP contribution in [0, 0.1) is 5.41 Å². The fourth-order valence-electron chi connectivity index (χ4n) is 3.11. The van der Waals surface area contributed by atoms with E-state index in [9.17, 15) is 0 Å². The van der Waals surface area contributed by atoms with Crippen LogP contribution in [0.1, 0.15) is 51.5 Å². The van der Waals surface area contributed by atoms with Crippen molar-refractivity contribution in [2.45, 2.75) is 58.5 Å². The quantitative estimate of drug-likeness (QED) is 0.854. The topological polar surface area (TPSA) is 15.3 Å². The SMILES string of the molecule is CCC1(C)CCN(c2ccc(CNC3CC3)cc2Cl)CC1. The van der Waals surface area contributed by atoms with Crippen LogP contribution in [0.25, 0.3) is 0 Å². The third-order valence-corrected chi connectivity index (χ3v) is 5.65. The van der Waals surface area contributed by atoms with Gasteiger partial charge in [0.25, 0.3) is 0 Å². The number of halogens is 1. The molecule has 21 heavy (non-hydrogen) atoms. The van der Waals surface area contributed by atoms with Gasteiger partial charge in [-0.1, -0.05) is 37.9 Å². The van der Waals surface area contributed by atoms with E-state index in [4.69, 9.17) is 11.6 Å². The predicted octanol–water partition coefficient (Wildman–Crippen LogP) is 4.61. The molecule has 0 amide bonds. The Morgan fingerprint density at radius 3 is 2.57 bits per heavy atom. The second kappa shape index (κ2) is 6.18. The molecule has 1 aromatic rings. The average Bonchev–Trinajstić information content (AvgIpc) is 3.31. The van der Waals surface area contributed by atoms with Crippen molar-refractivity contribution in [3.8, 4) is 0 Å². The van der Waals surface area contributed by atoms with Crippen molar-refractivity contribution in [2.24, 2.45) is 5.41 Å². The molecule has 1 heterocycles. The Balaban J connectivity index is 1.62. The van der Waals surface area contributed by atoms with Gasteiger partial charge in [-0.2, -0.15) is 0 Å². The van der Waals surface area contributed by atoms with Gasteiger partial charge in [0.05, 0.1) is 10.7 Å². The molecule has 1 N–H and O–H groups in total. The molecular weight excluding hydrogens is 280 g/mol. The smallest absolute Gasteiger partial charge is 0.0642 e. The van der Waals surface area contributed by atoms with Gasteiger partial charge in [0.15, 0.2) is 0 Å². The molecule has 2 aliphatic rings. The highest BCUT2D eigenvalue weighted by molar-refractivity contribution is 6.33. The fraction of sp³-hybridized carbons (Fsp3) is 0.667. The van der Waals surface area contributed by atoms with E-state index in [2.05, 4.69) is 42.3 Å². The van der Waals surface area contributed by atoms with Crippen LogP contribution in [0.15, 0.2) is 18.2 Å². The monoisotopic (exact) mass is 306 g/mol. The Morgan fingerprint density at radius 1 is 1.29 bits per heavy atom. The highest BCUT2D eigenvalue weighted by Crippen LogP contribution is 2.37. The van der Waals surface area contributed by atoms with E-state index < -0.39 is 0 Å². The molecule has 2 fully saturated rings. The molecule has 0 bridgehead atoms. The fourth-order valence-corrected chi connectivity index (χ4v) is 3.43. The van der Waals surface area contributed by atoms with E-state index in [1.54, 1.807) is 0 Å². The summed E-state index contributed by atoms with van der Waals surface area (Å²) in [6.45, 7) is 7.93. The first-order chi connectivity index (χ1) is 10.1. The lowest BCUT2D eigenvalue weighted by molar-refractivity contribution is 0.238. The minimum absolute atomic E-state index is 0.525. The molecule has 0 unspecified atom stereocenters. The molecule has 1 aliphatic heterocycles. The van der Waals surface area contributed by atoms with Gasteiger partial charge in [-0.15, -0.1) is 0 Å². The molecule has 1 saturated carbocycles. The normalized spacial score (nSPS) is 21.6. The lowest BCUT2D eigenvalue weighted by atomic mass is 9.78. The van der Waals surface area contributed by atoms with E-state index in [0.717, 1.165) is 30.7 Å². The third kappa shape index (κ3) is 3.73. The Labute approximate surface area is 133 Å². The minimum Gasteiger partial charge on any atom is -0.370 e. The van der Waals surface area contributed by atoms with Crippen LogP contribution in [-0.4, -0.2) is 19.1 Å². The molecule has 116 valence electrons. The molecule has 0 atom stereocenters. The summed E-state index contributed by atoms with van der Waals surface area (Å²) in [6.07, 6.45) is 6.47. The lowest BCUT2D eigenvalue weighted by Crippen LogP contribution is -2.38. The van der Waals surface area contributed by atoms with E-state index in [0.29, 0.717) is 5.41 Å². The van der Waals surface area contributed by atoms with Crippen LogP contribution in [0.5, 0.6) is 0 Å². The molecule has 1 saturated heterocycles. The van der Waals surface area contributed by atoms with Crippen LogP contribution in [0.4, 0.5) is 5.69 Å². The molecular formula is C18H27ClN2. The zero-order valence-electron chi connectivity index (χ0n) is 13.3. The second-order valence-electron chi connectivity index (χ2n) is 7.09. The summed E-state index contributed by atoms with van der Waals surface area (Å²) in [7, 11) is 0. The summed E-state index contributed by atoms with van der Waals surface area (Å²) in [5.41, 5.74) is 3.04. The molecule has 1 aliphatic carbocycles. The van der Waals surface area contributed by atoms with Crippen molar-refractivity contribution in [3.05, 3.63) is 28.8 Å². The molecule has 0 radical (unpaired) electrons. The van der Waals surface area contributed by atoms with Crippen molar-refractivity contribution in [3.63, 3.8) is 0 Å². The summed E-state index contributed by atoms with van der Waals surface area (Å²) in [6, 6.07) is 7.32. The predicted molar refractivity (Wildman–Crippen MR) is 91.2 cm³/mol. The zero-order chi connectivity index (χ0) is 14.9. The Bertz CT molecular complexity index is 488. The van der Waals surface area contributed by atoms with Gasteiger partial charge in [0.1, 0.15) is 0 Å². The molecule has 3 rings (SSSR count). The van der Waals surface area contributed by atoms with Gasteiger partial charge in [-0.05, 0) is 48.8 Å². The molecule has 3 heteroatoms. The van der Waals surface area contributed by atoms with Crippen molar-refractivity contribution in [2.75, 3.05) is 18.0 Å². The van der Waals surface area contributed by atoms with Gasteiger partial charge in [0.2, 0.25) is 0 Å². The first kappa shape index (κ1) is 15.2. The maximum absolute atomic E-state index is 6.53. The van der Waals surface area contributed by atoms with Gasteiger partial charge in [-0.3, -0.25) is 0 Å². The average molecular weight is 307 g/mol. The van der Waals surface area contributed by atoms with Crippen LogP contribution < -0.4 is 10.2 Å². The molecule has 2 nitrogen and oxygen atoms in total. The number of anilines is 1. The highest BCUT2D eigenvalue weighted by atomic mass is 35.5. The maximum Gasteiger partial charge on any atom is 0.0642 e. The Hall–Kier alpha value is -0.730. The van der Waals surface area contributed by atoms with Crippen molar-refractivity contribution < 1.29 is 0 Å². The van der Waals surface area contributed by atoms with Gasteiger partial charge in [0, 0.05) is 25.7 Å². The molecule has 0 spiro atoms. The Morgan fingerprint density at radius 2 is 2.00 bits per heavy atom. The number of nitrogens with one attached hydrogen (secondary N) is 1. The highest BCUT2D eigenvalue weighted by Gasteiger charge is 2.29. The standard InChI is InChI=1S/C18H27ClN2/c1-3-18(2)8-10-21(11-9-18)17-7-4-14(12-16(17)19)13-20-15-5-6-15/h4,7,12,15,20H,3,5-6,8-11,13H2,1-2H3. The third-order valence-electron chi connectivity index (χ3n) is 5.35. The van der Waals surface area contributed by atoms with Gasteiger partial charge in [-0.25, -0.2) is 0 Å². The van der Waals surface area contributed by atoms with Gasteiger partial charge < -0.3 is 10.2 Å². The zero-order valence-corrected chi connectivity index (χ0v) is 14.0. The lowest BCUT2D eigenvalue weighted by Gasteiger charge is -2.40. The second-order valence-corrected chi connectivity index (χ2v) is 7.50. The molecule has 1 aromatic carbocycles. The summed E-state index contributed by atoms with van der Waals surface area (Å²) in [4.78, 5) is 2.46. The first-order valence-electron chi connectivity index (χ1n) is 8.36. The summed E-state index contributed by atoms with van der Waals surface area (Å²) >= 11 is 6.53. The number of nitrogens with zero attached hydrogens (tertiary/aromatic N) is 1. The number of hydrogen-bond donors (Lipinski definition) is 1. The van der Waals surface area contributed by atoms with Crippen molar-refractivity contribution in [1.29, 1.82) is 0 Å². The molecule has 0 aromatic heterocycles. The van der Waals surface area contributed by atoms with Crippen LogP contribution in [-0.2, 0) is 6.54 Å². The number of benzene rings is 1. The van der Waals surface area contributed by atoms with Crippen molar-refractivity contribution >= 4 is 17.3 Å². The largest absolute Gasteiger partial charge is 0.370 e. The van der Waals surface area contributed by atoms with Crippen LogP contribution >= 0.6 is 11.6 Å². The van der Waals surface area contributed by atoms with Crippen LogP contribution in [0.2, 0.25) is 5.02 Å².